The molecule has 0 saturated heterocycles. The summed E-state index contributed by atoms with van der Waals surface area (Å²) in [4.78, 5) is 19.6. The Labute approximate surface area is 223 Å². The summed E-state index contributed by atoms with van der Waals surface area (Å²) in [5, 5.41) is 20.1. The second-order valence-electron chi connectivity index (χ2n) is 9.78. The van der Waals surface area contributed by atoms with Gasteiger partial charge >= 0.3 is 0 Å². The van der Waals surface area contributed by atoms with Gasteiger partial charge in [0.2, 0.25) is 5.82 Å². The minimum Gasteiger partial charge on any atom is -0.494 e. The molecule has 0 saturated carbocycles. The monoisotopic (exact) mass is 539 g/mol. The number of halogens is 3. The van der Waals surface area contributed by atoms with Gasteiger partial charge in [-0.2, -0.15) is 0 Å². The number of carbonyl (C=O) groups excluding carboxylic acids is 1. The molecular weight excluding hydrogens is 511 g/mol. The number of benzene rings is 2. The van der Waals surface area contributed by atoms with E-state index in [1.165, 1.54) is 0 Å². The number of aromatic nitrogens is 4. The van der Waals surface area contributed by atoms with Crippen LogP contribution >= 0.6 is 0 Å². The summed E-state index contributed by atoms with van der Waals surface area (Å²) in [5.41, 5.74) is 1.81. The topological polar surface area (TPSA) is 113 Å². The first-order valence-electron chi connectivity index (χ1n) is 12.3. The predicted molar refractivity (Wildman–Crippen MR) is 139 cm³/mol. The van der Waals surface area contributed by atoms with E-state index in [0.29, 0.717) is 31.3 Å². The molecule has 11 heteroatoms. The lowest BCUT2D eigenvalue weighted by Crippen LogP contribution is -2.19. The van der Waals surface area contributed by atoms with E-state index < -0.39 is 29.0 Å². The molecule has 0 atom stereocenters. The lowest BCUT2D eigenvalue weighted by molar-refractivity contribution is 0.0641. The van der Waals surface area contributed by atoms with E-state index in [2.05, 4.69) is 25.5 Å². The number of aryl methyl sites for hydroxylation is 1. The SMILES string of the molecule is Cc1ccc(OCCCC(C)(C)O)cc1-c1ccnc(NC(=O)c2nnc(Cc3cc(F)c(F)cc3F)[nH]2)c1. The van der Waals surface area contributed by atoms with Crippen LogP contribution in [-0.2, 0) is 6.42 Å². The summed E-state index contributed by atoms with van der Waals surface area (Å²) in [6, 6.07) is 10.4. The smallest absolute Gasteiger partial charge is 0.294 e. The second kappa shape index (κ2) is 11.6. The lowest BCUT2D eigenvalue weighted by atomic mass is 10.0. The highest BCUT2D eigenvalue weighted by Crippen LogP contribution is 2.29. The highest BCUT2D eigenvalue weighted by Gasteiger charge is 2.17. The van der Waals surface area contributed by atoms with E-state index in [-0.39, 0.29) is 29.5 Å². The number of hydrogen-bond acceptors (Lipinski definition) is 6. The Morgan fingerprint density at radius 1 is 1.05 bits per heavy atom. The first-order valence-corrected chi connectivity index (χ1v) is 12.3. The van der Waals surface area contributed by atoms with Crippen LogP contribution in [0.2, 0.25) is 0 Å². The molecule has 2 aromatic carbocycles. The number of carbonyl (C=O) groups is 1. The molecule has 4 aromatic rings. The average Bonchev–Trinajstić information content (AvgIpc) is 3.34. The molecule has 8 nitrogen and oxygen atoms in total. The summed E-state index contributed by atoms with van der Waals surface area (Å²) in [6.07, 6.45) is 2.66. The number of nitrogens with zero attached hydrogens (tertiary/aromatic N) is 3. The van der Waals surface area contributed by atoms with Gasteiger partial charge in [-0.05, 0) is 86.2 Å². The molecule has 0 unspecified atom stereocenters. The standard InChI is InChI=1S/C28H28F3N5O3/c1-16-5-6-19(39-10-4-8-28(2,3)38)14-20(16)17-7-9-32-24(12-17)34-27(37)26-33-25(35-36-26)13-18-11-22(30)23(31)15-21(18)29/h5-7,9,11-12,14-15,38H,4,8,10,13H2,1-3H3,(H,32,34,37)(H,33,35,36). The molecular formula is C28H28F3N5O3. The molecule has 0 radical (unpaired) electrons. The van der Waals surface area contributed by atoms with Gasteiger partial charge in [-0.25, -0.2) is 18.2 Å². The van der Waals surface area contributed by atoms with Crippen LogP contribution < -0.4 is 10.1 Å². The van der Waals surface area contributed by atoms with Gasteiger partial charge in [-0.15, -0.1) is 10.2 Å². The maximum absolute atomic E-state index is 13.9. The van der Waals surface area contributed by atoms with Crippen LogP contribution in [0.3, 0.4) is 0 Å². The zero-order valence-corrected chi connectivity index (χ0v) is 21.7. The zero-order valence-electron chi connectivity index (χ0n) is 21.7. The van der Waals surface area contributed by atoms with Crippen LogP contribution in [-0.4, -0.2) is 43.4 Å². The molecule has 0 spiro atoms. The van der Waals surface area contributed by atoms with Crippen molar-refractivity contribution in [3.05, 3.63) is 88.9 Å². The van der Waals surface area contributed by atoms with Crippen LogP contribution in [0.15, 0.2) is 48.7 Å². The Morgan fingerprint density at radius 2 is 1.82 bits per heavy atom. The molecule has 0 aliphatic rings. The lowest BCUT2D eigenvalue weighted by Gasteiger charge is -2.17. The number of anilines is 1. The zero-order chi connectivity index (χ0) is 28.2. The van der Waals surface area contributed by atoms with Gasteiger partial charge in [0.25, 0.3) is 5.91 Å². The molecule has 0 bridgehead atoms. The minimum absolute atomic E-state index is 0.0989. The molecule has 0 fully saturated rings. The number of nitrogens with one attached hydrogen (secondary N) is 2. The second-order valence-corrected chi connectivity index (χ2v) is 9.78. The van der Waals surface area contributed by atoms with Crippen LogP contribution in [0.25, 0.3) is 11.1 Å². The first-order chi connectivity index (χ1) is 18.5. The number of aliphatic hydroxyl groups is 1. The minimum atomic E-state index is -1.29. The highest BCUT2D eigenvalue weighted by atomic mass is 19.2. The predicted octanol–water partition coefficient (Wildman–Crippen LogP) is 5.37. The van der Waals surface area contributed by atoms with Crippen molar-refractivity contribution in [2.24, 2.45) is 0 Å². The summed E-state index contributed by atoms with van der Waals surface area (Å²) in [6.45, 7) is 5.94. The summed E-state index contributed by atoms with van der Waals surface area (Å²) in [5.74, 6) is -3.16. The van der Waals surface area contributed by atoms with Gasteiger partial charge < -0.3 is 20.1 Å². The third-order valence-corrected chi connectivity index (χ3v) is 5.92. The molecule has 4 rings (SSSR count). The fourth-order valence-corrected chi connectivity index (χ4v) is 3.90. The molecule has 2 heterocycles. The van der Waals surface area contributed by atoms with Crippen molar-refractivity contribution in [2.45, 2.75) is 45.6 Å². The van der Waals surface area contributed by atoms with Crippen LogP contribution in [0.1, 0.15) is 54.3 Å². The van der Waals surface area contributed by atoms with Crippen LogP contribution in [0.5, 0.6) is 5.75 Å². The van der Waals surface area contributed by atoms with E-state index in [4.69, 9.17) is 4.74 Å². The van der Waals surface area contributed by atoms with Crippen molar-refractivity contribution < 1.29 is 27.8 Å². The maximum Gasteiger partial charge on any atom is 0.294 e. The van der Waals surface area contributed by atoms with E-state index >= 15 is 0 Å². The molecule has 39 heavy (non-hydrogen) atoms. The Bertz CT molecular complexity index is 1480. The maximum atomic E-state index is 13.9. The van der Waals surface area contributed by atoms with Crippen molar-refractivity contribution in [3.63, 3.8) is 0 Å². The fourth-order valence-electron chi connectivity index (χ4n) is 3.90. The summed E-state index contributed by atoms with van der Waals surface area (Å²) >= 11 is 0. The number of amides is 1. The van der Waals surface area contributed by atoms with Crippen LogP contribution in [0.4, 0.5) is 19.0 Å². The highest BCUT2D eigenvalue weighted by molar-refractivity contribution is 6.01. The van der Waals surface area contributed by atoms with Gasteiger partial charge in [-0.3, -0.25) is 4.79 Å². The van der Waals surface area contributed by atoms with E-state index in [9.17, 15) is 23.1 Å². The molecule has 0 aliphatic heterocycles. The third-order valence-electron chi connectivity index (χ3n) is 5.92. The Morgan fingerprint density at radius 3 is 2.59 bits per heavy atom. The van der Waals surface area contributed by atoms with Crippen molar-refractivity contribution >= 4 is 11.7 Å². The first kappa shape index (κ1) is 27.8. The molecule has 0 aliphatic carbocycles. The number of ether oxygens (including phenoxy) is 1. The Hall–Kier alpha value is -4.25. The Balaban J connectivity index is 1.43. The molecule has 1 amide bonds. The largest absolute Gasteiger partial charge is 0.494 e. The number of pyridine rings is 1. The number of hydrogen-bond donors (Lipinski definition) is 3. The quantitative estimate of drug-likeness (QED) is 0.185. The number of H-pyrrole nitrogens is 1. The summed E-state index contributed by atoms with van der Waals surface area (Å²) in [7, 11) is 0. The van der Waals surface area contributed by atoms with E-state index in [1.54, 1.807) is 32.2 Å². The average molecular weight is 540 g/mol. The van der Waals surface area contributed by atoms with Crippen LogP contribution in [0, 0.1) is 24.4 Å². The van der Waals surface area contributed by atoms with Crippen molar-refractivity contribution in [1.82, 2.24) is 20.2 Å². The van der Waals surface area contributed by atoms with Gasteiger partial charge in [0.05, 0.1) is 12.2 Å². The summed E-state index contributed by atoms with van der Waals surface area (Å²) < 4.78 is 46.4. The van der Waals surface area contributed by atoms with Crippen molar-refractivity contribution in [1.29, 1.82) is 0 Å². The Kier molecular flexibility index (Phi) is 8.29. The van der Waals surface area contributed by atoms with Gasteiger partial charge in [-0.1, -0.05) is 6.07 Å². The van der Waals surface area contributed by atoms with E-state index in [0.717, 1.165) is 22.8 Å². The normalized spacial score (nSPS) is 11.5. The number of aromatic amines is 1. The van der Waals surface area contributed by atoms with Crippen molar-refractivity contribution in [2.75, 3.05) is 11.9 Å². The molecule has 3 N–H and O–H groups in total. The van der Waals surface area contributed by atoms with Crippen molar-refractivity contribution in [3.8, 4) is 16.9 Å². The number of rotatable bonds is 10. The fraction of sp³-hybridized carbons (Fsp3) is 0.286. The third kappa shape index (κ3) is 7.41. The van der Waals surface area contributed by atoms with Gasteiger partial charge in [0.1, 0.15) is 23.2 Å². The van der Waals surface area contributed by atoms with Gasteiger partial charge in [0, 0.05) is 18.7 Å². The van der Waals surface area contributed by atoms with E-state index in [1.807, 2.05) is 25.1 Å². The van der Waals surface area contributed by atoms with Gasteiger partial charge in [0.15, 0.2) is 11.6 Å². The molecule has 2 aromatic heterocycles. The molecule has 204 valence electrons.